The maximum absolute atomic E-state index is 10.3. The van der Waals surface area contributed by atoms with E-state index in [1.54, 1.807) is 25.7 Å². The van der Waals surface area contributed by atoms with Crippen LogP contribution in [0.5, 0.6) is 0 Å². The van der Waals surface area contributed by atoms with Crippen molar-refractivity contribution in [3.05, 3.63) is 0 Å². The second-order valence-corrected chi connectivity index (χ2v) is 12.9. The van der Waals surface area contributed by atoms with Gasteiger partial charge in [0.25, 0.3) is 0 Å². The van der Waals surface area contributed by atoms with Crippen molar-refractivity contribution in [3.8, 4) is 0 Å². The molecular formula is C30H59O2P. The van der Waals surface area contributed by atoms with Crippen LogP contribution in [0.3, 0.4) is 0 Å². The Labute approximate surface area is 209 Å². The number of unbranched alkanes of at least 4 members (excludes halogenated alkanes) is 14. The first kappa shape index (κ1) is 30.9. The highest BCUT2D eigenvalue weighted by molar-refractivity contribution is 7.39. The lowest BCUT2D eigenvalue weighted by atomic mass is 10.00. The summed E-state index contributed by atoms with van der Waals surface area (Å²) in [4.78, 5) is 10.3. The summed E-state index contributed by atoms with van der Waals surface area (Å²) in [5.74, 6) is -0.653. The third kappa shape index (κ3) is 20.9. The molecule has 2 saturated carbocycles. The van der Waals surface area contributed by atoms with E-state index in [0.29, 0.717) is 6.42 Å². The molecule has 0 spiro atoms. The molecule has 2 aliphatic carbocycles. The van der Waals surface area contributed by atoms with E-state index in [2.05, 4.69) is 6.92 Å². The highest BCUT2D eigenvalue weighted by atomic mass is 31.1. The highest BCUT2D eigenvalue weighted by Crippen LogP contribution is 2.41. The maximum atomic E-state index is 10.3. The summed E-state index contributed by atoms with van der Waals surface area (Å²) in [5.41, 5.74) is 2.30. The molecule has 0 heterocycles. The summed E-state index contributed by atoms with van der Waals surface area (Å²) >= 11 is 0. The Bertz CT molecular complexity index is 398. The molecule has 2 nitrogen and oxygen atoms in total. The molecule has 196 valence electrons. The second-order valence-electron chi connectivity index (χ2n) is 10.9. The van der Waals surface area contributed by atoms with Crippen LogP contribution in [-0.4, -0.2) is 22.4 Å². The lowest BCUT2D eigenvalue weighted by Crippen LogP contribution is -2.14. The molecule has 0 radical (unpaired) electrons. The van der Waals surface area contributed by atoms with Crippen LogP contribution in [0.25, 0.3) is 0 Å². The summed E-state index contributed by atoms with van der Waals surface area (Å²) in [5, 5.41) is 8.52. The number of aliphatic carboxylic acids is 1. The van der Waals surface area contributed by atoms with Gasteiger partial charge in [0.15, 0.2) is 0 Å². The van der Waals surface area contributed by atoms with Crippen molar-refractivity contribution in [3.63, 3.8) is 0 Å². The third-order valence-electron chi connectivity index (χ3n) is 7.68. The van der Waals surface area contributed by atoms with E-state index in [9.17, 15) is 4.79 Å². The maximum Gasteiger partial charge on any atom is 0.303 e. The molecule has 2 fully saturated rings. The normalized spacial score (nSPS) is 17.5. The topological polar surface area (TPSA) is 37.3 Å². The average Bonchev–Trinajstić information content (AvgIpc) is 2.83. The molecule has 2 aliphatic rings. The molecule has 0 unspecified atom stereocenters. The Kier molecular flexibility index (Phi) is 22.2. The van der Waals surface area contributed by atoms with Crippen molar-refractivity contribution in [1.82, 2.24) is 0 Å². The van der Waals surface area contributed by atoms with E-state index < -0.39 is 5.97 Å². The fourth-order valence-corrected chi connectivity index (χ4v) is 7.67. The van der Waals surface area contributed by atoms with Gasteiger partial charge in [-0.3, -0.25) is 4.79 Å². The predicted octanol–water partition coefficient (Wildman–Crippen LogP) is 10.7. The van der Waals surface area contributed by atoms with Crippen molar-refractivity contribution in [2.24, 2.45) is 0 Å². The van der Waals surface area contributed by atoms with Gasteiger partial charge in [0.1, 0.15) is 0 Å². The van der Waals surface area contributed by atoms with E-state index in [0.717, 1.165) is 24.2 Å². The first-order chi connectivity index (χ1) is 16.2. The Hall–Kier alpha value is -0.100. The van der Waals surface area contributed by atoms with Crippen LogP contribution in [0.4, 0.5) is 0 Å². The van der Waals surface area contributed by atoms with Gasteiger partial charge in [0.2, 0.25) is 0 Å². The van der Waals surface area contributed by atoms with E-state index in [-0.39, 0.29) is 0 Å². The van der Waals surface area contributed by atoms with Crippen molar-refractivity contribution in [1.29, 1.82) is 0 Å². The zero-order valence-corrected chi connectivity index (χ0v) is 23.4. The summed E-state index contributed by atoms with van der Waals surface area (Å²) in [6, 6.07) is 0. The van der Waals surface area contributed by atoms with Gasteiger partial charge >= 0.3 is 5.97 Å². The van der Waals surface area contributed by atoms with Gasteiger partial charge in [-0.2, -0.15) is 0 Å². The van der Waals surface area contributed by atoms with Gasteiger partial charge in [-0.05, 0) is 43.4 Å². The molecule has 33 heavy (non-hydrogen) atoms. The second kappa shape index (κ2) is 23.6. The van der Waals surface area contributed by atoms with Gasteiger partial charge in [-0.1, -0.05) is 135 Å². The Morgan fingerprint density at radius 2 is 0.909 bits per heavy atom. The first-order valence-corrected chi connectivity index (χ1v) is 16.4. The first-order valence-electron chi connectivity index (χ1n) is 15.2. The van der Waals surface area contributed by atoms with Gasteiger partial charge < -0.3 is 5.11 Å². The number of carboxylic acids is 1. The molecule has 0 aromatic heterocycles. The van der Waals surface area contributed by atoms with Crippen molar-refractivity contribution >= 4 is 14.6 Å². The Morgan fingerprint density at radius 3 is 1.24 bits per heavy atom. The largest absolute Gasteiger partial charge is 0.481 e. The van der Waals surface area contributed by atoms with Crippen LogP contribution in [0.15, 0.2) is 0 Å². The van der Waals surface area contributed by atoms with Crippen LogP contribution in [0.2, 0.25) is 0 Å². The standard InChI is InChI=1S/C18H36O2.C12H23P/c1-2-3-4-5-6-7-8-9-10-11-12-13-14-15-16-17-18(19)20;1-3-7-11(8-4-1)13-12-9-5-2-6-10-12/h2-17H2,1H3,(H,19,20);11-13H,1-10H2. The minimum atomic E-state index is -0.653. The molecule has 0 amide bonds. The van der Waals surface area contributed by atoms with Crippen LogP contribution in [0.1, 0.15) is 174 Å². The highest BCUT2D eigenvalue weighted by Gasteiger charge is 2.20. The number of hydrogen-bond acceptors (Lipinski definition) is 1. The predicted molar refractivity (Wildman–Crippen MR) is 149 cm³/mol. The van der Waals surface area contributed by atoms with Gasteiger partial charge in [0, 0.05) is 6.42 Å². The SMILES string of the molecule is C1CCC(PC2CCCCC2)CC1.CCCCCCCCCCCCCCCCCC(=O)O. The zero-order valence-electron chi connectivity index (χ0n) is 22.4. The zero-order chi connectivity index (χ0) is 23.8. The van der Waals surface area contributed by atoms with Crippen molar-refractivity contribution in [2.45, 2.75) is 185 Å². The summed E-state index contributed by atoms with van der Waals surface area (Å²) in [6.45, 7) is 2.27. The van der Waals surface area contributed by atoms with Gasteiger partial charge in [-0.25, -0.2) is 0 Å². The lowest BCUT2D eigenvalue weighted by Gasteiger charge is -2.28. The molecule has 3 heteroatoms. The molecule has 1 N–H and O–H groups in total. The van der Waals surface area contributed by atoms with Gasteiger partial charge in [-0.15, -0.1) is 8.58 Å². The van der Waals surface area contributed by atoms with E-state index in [1.165, 1.54) is 131 Å². The lowest BCUT2D eigenvalue weighted by molar-refractivity contribution is -0.137. The van der Waals surface area contributed by atoms with E-state index in [1.807, 2.05) is 0 Å². The molecule has 0 aliphatic heterocycles. The summed E-state index contributed by atoms with van der Waals surface area (Å²) in [7, 11) is 1.33. The van der Waals surface area contributed by atoms with E-state index in [4.69, 9.17) is 5.11 Å². The van der Waals surface area contributed by atoms with Crippen molar-refractivity contribution < 1.29 is 9.90 Å². The molecule has 0 saturated heterocycles. The number of rotatable bonds is 18. The summed E-state index contributed by atoms with van der Waals surface area (Å²) in [6.07, 6.45) is 35.6. The van der Waals surface area contributed by atoms with Gasteiger partial charge in [0.05, 0.1) is 0 Å². The third-order valence-corrected chi connectivity index (χ3v) is 9.77. The smallest absolute Gasteiger partial charge is 0.303 e. The molecule has 0 atom stereocenters. The molecule has 0 aromatic rings. The van der Waals surface area contributed by atoms with Crippen LogP contribution in [-0.2, 0) is 4.79 Å². The fraction of sp³-hybridized carbons (Fsp3) is 0.967. The minimum absolute atomic E-state index is 0.345. The number of carbonyl (C=O) groups is 1. The minimum Gasteiger partial charge on any atom is -0.481 e. The Morgan fingerprint density at radius 1 is 0.576 bits per heavy atom. The average molecular weight is 483 g/mol. The quantitative estimate of drug-likeness (QED) is 0.156. The van der Waals surface area contributed by atoms with Crippen LogP contribution >= 0.6 is 8.58 Å². The van der Waals surface area contributed by atoms with Crippen LogP contribution < -0.4 is 0 Å². The van der Waals surface area contributed by atoms with Crippen LogP contribution in [0, 0.1) is 0 Å². The molecule has 2 rings (SSSR count). The Balaban J connectivity index is 0.000000357. The van der Waals surface area contributed by atoms with E-state index >= 15 is 0 Å². The monoisotopic (exact) mass is 482 g/mol. The summed E-state index contributed by atoms with van der Waals surface area (Å²) < 4.78 is 0. The number of hydrogen-bond donors (Lipinski definition) is 1. The number of carboxylic acid groups (broad SMARTS) is 1. The van der Waals surface area contributed by atoms with Crippen molar-refractivity contribution in [2.75, 3.05) is 0 Å². The molecular weight excluding hydrogens is 423 g/mol. The molecule has 0 aromatic carbocycles. The molecule has 0 bridgehead atoms. The fourth-order valence-electron chi connectivity index (χ4n) is 5.52.